The van der Waals surface area contributed by atoms with Crippen LogP contribution in [0, 0.1) is 0 Å². The van der Waals surface area contributed by atoms with E-state index in [1.807, 2.05) is 0 Å². The van der Waals surface area contributed by atoms with Crippen molar-refractivity contribution >= 4 is 17.6 Å². The van der Waals surface area contributed by atoms with Crippen molar-refractivity contribution < 1.29 is 24.2 Å². The number of ether oxygens (including phenoxy) is 2. The molecule has 8 heteroatoms. The number of aromatic nitrogens is 2. The number of carboxylic acid groups (broad SMARTS) is 1. The summed E-state index contributed by atoms with van der Waals surface area (Å²) in [6.45, 7) is 0.672. The number of hydrogen-bond donors (Lipinski definition) is 2. The number of carbonyl (C=O) groups is 2. The molecule has 1 amide bonds. The van der Waals surface area contributed by atoms with Crippen LogP contribution in [-0.2, 0) is 11.3 Å². The van der Waals surface area contributed by atoms with Crippen LogP contribution in [0.15, 0.2) is 30.6 Å². The summed E-state index contributed by atoms with van der Waals surface area (Å²) in [5, 5.41) is 15.2. The Bertz CT molecular complexity index is 725. The predicted molar refractivity (Wildman–Crippen MR) is 75.2 cm³/mol. The molecule has 22 heavy (non-hydrogen) atoms. The number of nitrogens with one attached hydrogen (secondary N) is 1. The second kappa shape index (κ2) is 5.76. The Hall–Kier alpha value is -3.03. The minimum atomic E-state index is -1.03. The Labute approximate surface area is 125 Å². The first kappa shape index (κ1) is 13.9. The second-order valence-electron chi connectivity index (χ2n) is 4.63. The van der Waals surface area contributed by atoms with E-state index in [4.69, 9.17) is 14.6 Å². The van der Waals surface area contributed by atoms with Crippen molar-refractivity contribution in [1.82, 2.24) is 9.78 Å². The zero-order valence-corrected chi connectivity index (χ0v) is 11.5. The highest BCUT2D eigenvalue weighted by atomic mass is 16.6. The first-order chi connectivity index (χ1) is 10.6. The Morgan fingerprint density at radius 2 is 2.05 bits per heavy atom. The van der Waals surface area contributed by atoms with Crippen molar-refractivity contribution in [3.05, 3.63) is 36.2 Å². The highest BCUT2D eigenvalue weighted by Crippen LogP contribution is 2.32. The number of anilines is 1. The molecule has 1 aliphatic heterocycles. The van der Waals surface area contributed by atoms with Crippen LogP contribution in [0.4, 0.5) is 5.69 Å². The Kier molecular flexibility index (Phi) is 3.65. The number of amides is 1. The fourth-order valence-corrected chi connectivity index (χ4v) is 2.03. The predicted octanol–water partition coefficient (Wildman–Crippen LogP) is 0.991. The third-order valence-electron chi connectivity index (χ3n) is 2.99. The van der Waals surface area contributed by atoms with Gasteiger partial charge >= 0.3 is 5.97 Å². The summed E-state index contributed by atoms with van der Waals surface area (Å²) >= 11 is 0. The molecule has 0 radical (unpaired) electrons. The molecule has 1 aliphatic rings. The van der Waals surface area contributed by atoms with Crippen LogP contribution >= 0.6 is 0 Å². The topological polar surface area (TPSA) is 103 Å². The lowest BCUT2D eigenvalue weighted by molar-refractivity contribution is -0.137. The van der Waals surface area contributed by atoms with Crippen LogP contribution < -0.4 is 14.8 Å². The number of nitrogens with zero attached hydrogens (tertiary/aromatic N) is 2. The molecule has 0 spiro atoms. The third kappa shape index (κ3) is 3.00. The molecule has 0 unspecified atom stereocenters. The first-order valence-corrected chi connectivity index (χ1v) is 6.57. The van der Waals surface area contributed by atoms with Crippen molar-refractivity contribution in [3.63, 3.8) is 0 Å². The number of aliphatic carboxylic acids is 1. The molecule has 1 aromatic carbocycles. The van der Waals surface area contributed by atoms with Gasteiger partial charge in [-0.25, -0.2) is 0 Å². The fourth-order valence-electron chi connectivity index (χ4n) is 2.03. The van der Waals surface area contributed by atoms with Gasteiger partial charge in [-0.3, -0.25) is 14.3 Å². The highest BCUT2D eigenvalue weighted by Gasteiger charge is 2.14. The molecule has 3 rings (SSSR count). The van der Waals surface area contributed by atoms with Crippen molar-refractivity contribution in [2.24, 2.45) is 0 Å². The smallest absolute Gasteiger partial charge is 0.325 e. The SMILES string of the molecule is O=C(O)Cn1cc(C(=O)Nc2ccc3c(c2)OCCO3)cn1. The Morgan fingerprint density at radius 1 is 1.27 bits per heavy atom. The number of hydrogen-bond acceptors (Lipinski definition) is 5. The third-order valence-corrected chi connectivity index (χ3v) is 2.99. The Morgan fingerprint density at radius 3 is 2.82 bits per heavy atom. The van der Waals surface area contributed by atoms with Crippen molar-refractivity contribution in [2.75, 3.05) is 18.5 Å². The number of carbonyl (C=O) groups excluding carboxylic acids is 1. The summed E-state index contributed by atoms with van der Waals surface area (Å²) in [4.78, 5) is 22.7. The molecule has 114 valence electrons. The van der Waals surface area contributed by atoms with Gasteiger partial charge in [0.05, 0.1) is 11.8 Å². The normalized spacial score (nSPS) is 12.7. The van der Waals surface area contributed by atoms with Gasteiger partial charge in [0.1, 0.15) is 19.8 Å². The molecule has 0 saturated heterocycles. The fraction of sp³-hybridized carbons (Fsp3) is 0.214. The van der Waals surface area contributed by atoms with E-state index in [2.05, 4.69) is 10.4 Å². The maximum Gasteiger partial charge on any atom is 0.325 e. The van der Waals surface area contributed by atoms with Gasteiger partial charge in [-0.05, 0) is 12.1 Å². The lowest BCUT2D eigenvalue weighted by atomic mass is 10.2. The van der Waals surface area contributed by atoms with Crippen molar-refractivity contribution in [1.29, 1.82) is 0 Å². The quantitative estimate of drug-likeness (QED) is 0.873. The van der Waals surface area contributed by atoms with Gasteiger partial charge < -0.3 is 19.9 Å². The van der Waals surface area contributed by atoms with E-state index in [0.29, 0.717) is 30.4 Å². The molecular formula is C14H13N3O5. The largest absolute Gasteiger partial charge is 0.486 e. The molecule has 0 aliphatic carbocycles. The molecule has 0 bridgehead atoms. The van der Waals surface area contributed by atoms with Crippen LogP contribution in [0.5, 0.6) is 11.5 Å². The van der Waals surface area contributed by atoms with E-state index >= 15 is 0 Å². The molecule has 0 fully saturated rings. The summed E-state index contributed by atoms with van der Waals surface area (Å²) in [5.74, 6) is -0.195. The van der Waals surface area contributed by atoms with E-state index < -0.39 is 5.97 Å². The van der Waals surface area contributed by atoms with Crippen molar-refractivity contribution in [3.8, 4) is 11.5 Å². The van der Waals surface area contributed by atoms with Gasteiger partial charge in [0.25, 0.3) is 5.91 Å². The monoisotopic (exact) mass is 303 g/mol. The van der Waals surface area contributed by atoms with Gasteiger partial charge in [-0.1, -0.05) is 0 Å². The van der Waals surface area contributed by atoms with E-state index in [9.17, 15) is 9.59 Å². The van der Waals surface area contributed by atoms with Crippen LogP contribution in [0.1, 0.15) is 10.4 Å². The number of rotatable bonds is 4. The van der Waals surface area contributed by atoms with Gasteiger partial charge in [0, 0.05) is 18.0 Å². The minimum absolute atomic E-state index is 0.274. The molecule has 2 aromatic rings. The summed E-state index contributed by atoms with van der Waals surface area (Å²) in [6, 6.07) is 5.10. The van der Waals surface area contributed by atoms with Crippen LogP contribution in [0.25, 0.3) is 0 Å². The van der Waals surface area contributed by atoms with Crippen LogP contribution in [-0.4, -0.2) is 40.0 Å². The van der Waals surface area contributed by atoms with Gasteiger partial charge in [0.15, 0.2) is 11.5 Å². The number of fused-ring (bicyclic) bond motifs is 1. The molecule has 0 atom stereocenters. The molecule has 2 heterocycles. The second-order valence-corrected chi connectivity index (χ2v) is 4.63. The highest BCUT2D eigenvalue weighted by molar-refractivity contribution is 6.04. The van der Waals surface area contributed by atoms with Gasteiger partial charge in [-0.2, -0.15) is 5.10 Å². The number of carboxylic acids is 1. The minimum Gasteiger partial charge on any atom is -0.486 e. The molecule has 2 N–H and O–H groups in total. The van der Waals surface area contributed by atoms with Gasteiger partial charge in [0.2, 0.25) is 0 Å². The molecule has 0 saturated carbocycles. The van der Waals surface area contributed by atoms with Gasteiger partial charge in [-0.15, -0.1) is 0 Å². The van der Waals surface area contributed by atoms with E-state index in [1.54, 1.807) is 18.2 Å². The summed E-state index contributed by atoms with van der Waals surface area (Å²) in [5.41, 5.74) is 0.830. The van der Waals surface area contributed by atoms with Crippen molar-refractivity contribution in [2.45, 2.75) is 6.54 Å². The average molecular weight is 303 g/mol. The molecule has 1 aromatic heterocycles. The van der Waals surface area contributed by atoms with E-state index in [0.717, 1.165) is 0 Å². The number of benzene rings is 1. The average Bonchev–Trinajstić information content (AvgIpc) is 2.95. The summed E-state index contributed by atoms with van der Waals surface area (Å²) in [7, 11) is 0. The zero-order valence-electron chi connectivity index (χ0n) is 11.5. The Balaban J connectivity index is 1.71. The first-order valence-electron chi connectivity index (χ1n) is 6.57. The van der Waals surface area contributed by atoms with E-state index in [-0.39, 0.29) is 18.0 Å². The maximum absolute atomic E-state index is 12.1. The lowest BCUT2D eigenvalue weighted by Gasteiger charge is -2.18. The standard InChI is InChI=1S/C14H13N3O5/c18-13(19)8-17-7-9(6-15-17)14(20)16-10-1-2-11-12(5-10)22-4-3-21-11/h1-2,5-7H,3-4,8H2,(H,16,20)(H,18,19). The van der Waals surface area contributed by atoms with E-state index in [1.165, 1.54) is 17.1 Å². The summed E-state index contributed by atoms with van der Waals surface area (Å²) < 4.78 is 12.0. The summed E-state index contributed by atoms with van der Waals surface area (Å²) in [6.07, 6.45) is 2.69. The maximum atomic E-state index is 12.1. The molecule has 8 nitrogen and oxygen atoms in total. The molecular weight excluding hydrogens is 290 g/mol. The van der Waals surface area contributed by atoms with Crippen LogP contribution in [0.2, 0.25) is 0 Å². The lowest BCUT2D eigenvalue weighted by Crippen LogP contribution is -2.16. The van der Waals surface area contributed by atoms with Crippen LogP contribution in [0.3, 0.4) is 0 Å². The zero-order chi connectivity index (χ0) is 15.5.